The van der Waals surface area contributed by atoms with Gasteiger partial charge in [-0.3, -0.25) is 28.8 Å². The number of hydrogen-bond donors (Lipinski definition) is 31. The van der Waals surface area contributed by atoms with E-state index in [9.17, 15) is 156 Å². The zero-order chi connectivity index (χ0) is 94.4. The summed E-state index contributed by atoms with van der Waals surface area (Å²) in [7, 11) is 0. The third kappa shape index (κ3) is 23.8. The fourth-order valence-corrected chi connectivity index (χ4v) is 16.6. The predicted octanol–water partition coefficient (Wildman–Crippen LogP) is -20.9. The molecule has 738 valence electrons. The van der Waals surface area contributed by atoms with Crippen LogP contribution < -0.4 is 31.9 Å². The number of rotatable bonds is 33. The second-order valence-corrected chi connectivity index (χ2v) is 32.5. The van der Waals surface area contributed by atoms with Crippen molar-refractivity contribution in [3.63, 3.8) is 0 Å². The average molecular weight is 1870 g/mol. The lowest BCUT2D eigenvalue weighted by Crippen LogP contribution is -2.71. The molecule has 56 nitrogen and oxygen atoms in total. The maximum atomic E-state index is 13.3. The molecule has 0 saturated carbocycles. The Labute approximate surface area is 726 Å². The summed E-state index contributed by atoms with van der Waals surface area (Å²) in [5.74, 6) is -5.41. The van der Waals surface area contributed by atoms with Gasteiger partial charge in [0.2, 0.25) is 35.4 Å². The Morgan fingerprint density at radius 1 is 0.219 bits per heavy atom. The third-order valence-corrected chi connectivity index (χ3v) is 23.2. The van der Waals surface area contributed by atoms with Crippen LogP contribution in [-0.4, -0.2) is 529 Å². The van der Waals surface area contributed by atoms with E-state index in [0.717, 1.165) is 41.5 Å². The van der Waals surface area contributed by atoms with Crippen LogP contribution >= 0.6 is 0 Å². The van der Waals surface area contributed by atoms with E-state index in [1.165, 1.54) is 6.92 Å². The highest BCUT2D eigenvalue weighted by molar-refractivity contribution is 5.75. The normalized spacial score (nSPS) is 47.8. The average Bonchev–Trinajstić information content (AvgIpc) is 0.760. The van der Waals surface area contributed by atoms with Crippen molar-refractivity contribution >= 4 is 35.4 Å². The summed E-state index contributed by atoms with van der Waals surface area (Å²) in [5.41, 5.74) is 0. The summed E-state index contributed by atoms with van der Waals surface area (Å²) in [5, 5.41) is 297. The monoisotopic (exact) mass is 1870 g/mol. The summed E-state index contributed by atoms with van der Waals surface area (Å²) in [6.07, 6.45) is -90.9. The number of carbonyl (C=O) groups excluding carboxylic acids is 6. The van der Waals surface area contributed by atoms with Crippen molar-refractivity contribution in [2.24, 2.45) is 0 Å². The second-order valence-electron chi connectivity index (χ2n) is 32.5. The Morgan fingerprint density at radius 3 is 0.852 bits per heavy atom. The fraction of sp³-hybridized carbons (Fsp3) is 0.917. The largest absolute Gasteiger partial charge is 0.394 e. The minimum atomic E-state index is -2.64. The maximum absolute atomic E-state index is 13.3. The zero-order valence-electron chi connectivity index (χ0n) is 69.6. The third-order valence-electron chi connectivity index (χ3n) is 23.2. The van der Waals surface area contributed by atoms with Crippen LogP contribution in [0.4, 0.5) is 0 Å². The molecule has 0 aromatic rings. The standard InChI is InChI=1S/C72H120N6O50/c1-17-39(92)51(104)54(107)69(112-17)110-16-32-59(47(100)33(63(109)113-32)73-18(2)86)124-66-36(76-21(5)89)50(103)58(30(14-85)118-66)125-70-55(108)60(126-72-62(53(106)43(96)27(11-82)117-72)128-68-38(78-23(7)91)49(102)57(29(13-84)120-68)123-65-35(75-20(4)88)46(99)41(94)25(9-80)115-65)44(97)31(121-70)15-111-71-61(52(105)42(95)26(10-81)116-71)127-67-37(77-22(6)90)48(101)56(28(12-83)119-67)122-64-34(74-19(3)87)45(98)40(93)24(8-79)114-64/h17,24-72,79-85,92-109H,8-16H2,1-7H3,(H,73,86)(H,74,87)(H,75,88)(H,76,89)(H,77,90)(H,78,91)/t17-,24+,25+,26+,27+,28+,29+,30+,31+,32+,33+,34+,35+,36+,37+,38+,39+,40+,41+,42+,43+,44+,45+,46+,47+,48+,49+,50+,51+,52-,53-,54-,55-,56+,57+,58+,59+,60-,61-,62-,63+,64-,65-,66-,67-,68-,69+,70-,71-,72+/m0/s1. The predicted molar refractivity (Wildman–Crippen MR) is 398 cm³/mol. The van der Waals surface area contributed by atoms with Crippen LogP contribution in [0.5, 0.6) is 0 Å². The van der Waals surface area contributed by atoms with Crippen LogP contribution in [0.2, 0.25) is 0 Å². The molecule has 10 aliphatic heterocycles. The molecule has 31 N–H and O–H groups in total. The van der Waals surface area contributed by atoms with Gasteiger partial charge in [-0.15, -0.1) is 0 Å². The molecule has 128 heavy (non-hydrogen) atoms. The smallest absolute Gasteiger partial charge is 0.217 e. The van der Waals surface area contributed by atoms with Gasteiger partial charge >= 0.3 is 0 Å². The lowest BCUT2D eigenvalue weighted by atomic mass is 9.93. The van der Waals surface area contributed by atoms with Gasteiger partial charge in [-0.05, 0) is 6.92 Å². The molecule has 10 fully saturated rings. The van der Waals surface area contributed by atoms with Crippen molar-refractivity contribution < 1.29 is 246 Å². The Bertz CT molecular complexity index is 3550. The molecular weight excluding hydrogens is 1750 g/mol. The van der Waals surface area contributed by atoms with E-state index >= 15 is 0 Å². The van der Waals surface area contributed by atoms with Crippen LogP contribution in [0.25, 0.3) is 0 Å². The molecule has 10 saturated heterocycles. The Hall–Kier alpha value is -4.94. The van der Waals surface area contributed by atoms with Gasteiger partial charge in [0.1, 0.15) is 238 Å². The van der Waals surface area contributed by atoms with Crippen molar-refractivity contribution in [2.45, 2.75) is 355 Å². The highest BCUT2D eigenvalue weighted by Gasteiger charge is 2.62. The van der Waals surface area contributed by atoms with E-state index in [-0.39, 0.29) is 0 Å². The first-order valence-electron chi connectivity index (χ1n) is 41.0. The Kier molecular flexibility index (Phi) is 37.8. The van der Waals surface area contributed by atoms with Crippen LogP contribution in [-0.2, 0) is 119 Å². The Balaban J connectivity index is 0.993. The molecular formula is C72H120N6O50. The number of aliphatic hydroxyl groups is 25. The van der Waals surface area contributed by atoms with Gasteiger partial charge in [-0.2, -0.15) is 0 Å². The van der Waals surface area contributed by atoms with Gasteiger partial charge in [0.05, 0.1) is 65.6 Å². The molecule has 0 bridgehead atoms. The summed E-state index contributed by atoms with van der Waals surface area (Å²) in [4.78, 5) is 76.8. The summed E-state index contributed by atoms with van der Waals surface area (Å²) >= 11 is 0. The molecule has 0 aliphatic carbocycles. The molecule has 10 aliphatic rings. The lowest BCUT2D eigenvalue weighted by Gasteiger charge is -2.51. The Morgan fingerprint density at radius 2 is 0.484 bits per heavy atom. The molecule has 0 unspecified atom stereocenters. The van der Waals surface area contributed by atoms with Gasteiger partial charge in [0.15, 0.2) is 62.9 Å². The van der Waals surface area contributed by atoms with Gasteiger partial charge in [0, 0.05) is 41.5 Å². The topological polar surface area (TPSA) is 856 Å². The van der Waals surface area contributed by atoms with E-state index in [2.05, 4.69) is 31.9 Å². The minimum Gasteiger partial charge on any atom is -0.394 e. The van der Waals surface area contributed by atoms with Gasteiger partial charge < -0.3 is 250 Å². The highest BCUT2D eigenvalue weighted by atomic mass is 16.8. The molecule has 0 spiro atoms. The number of nitrogens with one attached hydrogen (secondary N) is 6. The summed E-state index contributed by atoms with van der Waals surface area (Å²) < 4.78 is 114. The first-order chi connectivity index (χ1) is 60.5. The molecule has 0 aromatic heterocycles. The molecule has 10 heterocycles. The number of aliphatic hydroxyl groups excluding tert-OH is 25. The number of hydrogen-bond acceptors (Lipinski definition) is 50. The van der Waals surface area contributed by atoms with E-state index in [1.54, 1.807) is 0 Å². The fourth-order valence-electron chi connectivity index (χ4n) is 16.6. The minimum absolute atomic E-state index is 0.812. The highest BCUT2D eigenvalue weighted by Crippen LogP contribution is 2.41. The van der Waals surface area contributed by atoms with Gasteiger partial charge in [-0.1, -0.05) is 0 Å². The van der Waals surface area contributed by atoms with Crippen LogP contribution in [0.15, 0.2) is 0 Å². The van der Waals surface area contributed by atoms with E-state index in [1.807, 2.05) is 0 Å². The van der Waals surface area contributed by atoms with Crippen LogP contribution in [0.3, 0.4) is 0 Å². The number of carbonyl (C=O) groups is 6. The van der Waals surface area contributed by atoms with Crippen molar-refractivity contribution in [1.29, 1.82) is 0 Å². The molecule has 10 rings (SSSR count). The number of amides is 6. The number of ether oxygens (including phenoxy) is 19. The van der Waals surface area contributed by atoms with E-state index in [4.69, 9.17) is 90.0 Å². The second kappa shape index (κ2) is 46.1. The maximum Gasteiger partial charge on any atom is 0.217 e. The quantitative estimate of drug-likeness (QED) is 0.0290. The summed E-state index contributed by atoms with van der Waals surface area (Å²) in [6.45, 7) is -2.88. The molecule has 50 atom stereocenters. The zero-order valence-corrected chi connectivity index (χ0v) is 69.6. The van der Waals surface area contributed by atoms with Gasteiger partial charge in [0.25, 0.3) is 0 Å². The van der Waals surface area contributed by atoms with Crippen molar-refractivity contribution in [3.05, 3.63) is 0 Å². The molecule has 56 heteroatoms. The lowest BCUT2D eigenvalue weighted by molar-refractivity contribution is -0.398. The van der Waals surface area contributed by atoms with Crippen LogP contribution in [0.1, 0.15) is 48.5 Å². The van der Waals surface area contributed by atoms with Crippen molar-refractivity contribution in [1.82, 2.24) is 31.9 Å². The molecule has 6 amide bonds. The van der Waals surface area contributed by atoms with Crippen LogP contribution in [0, 0.1) is 0 Å². The molecule has 0 aromatic carbocycles. The van der Waals surface area contributed by atoms with Crippen molar-refractivity contribution in [3.8, 4) is 0 Å². The van der Waals surface area contributed by atoms with E-state index in [0.29, 0.717) is 0 Å². The van der Waals surface area contributed by atoms with Gasteiger partial charge in [-0.25, -0.2) is 0 Å². The SMILES string of the molecule is CC(=O)N[C@@H]1[C@@H](O)[C@H](O[C@@H]2O[C@H](CO)[C@@H](O[C@@H]3O[C@H](CO[C@H]4O[C@H](CO)[C@@H](O)[C@H](O)[C@@H]4O[C@@H]4O[C@H](CO)[C@@H](O[C@@H]5O[C@H](CO)[C@@H](O)[C@H](O)[C@H]5NC(C)=O)[C@H](O)[C@H]4NC(C)=O)[C@@H](O)[C@H](O[C@H]4O[C@H](CO)[C@@H](O)[C@H](O)[C@@H]4O[C@@H]4O[C@H](CO)[C@@H](O[C@@H]5O[C@H](CO)[C@@H](O)[C@H](O)[C@H]5NC(C)=O)[C@H](O)[C@H]4NC(C)=O)[C@@H]3O)[C@H](O)[C@H]2NC(C)=O)[C@@H](CO[C@@H]2O[C@@H](C)[C@@H](O)[C@@H](O)[C@@H]2O)O[C@H]1O. The van der Waals surface area contributed by atoms with Crippen molar-refractivity contribution in [2.75, 3.05) is 59.5 Å². The molecule has 0 radical (unpaired) electrons. The van der Waals surface area contributed by atoms with E-state index < -0.39 is 402 Å². The first kappa shape index (κ1) is 105. The summed E-state index contributed by atoms with van der Waals surface area (Å²) in [6, 6.07) is -11.1. The first-order valence-corrected chi connectivity index (χ1v) is 41.0.